The summed E-state index contributed by atoms with van der Waals surface area (Å²) >= 11 is 11.8. The van der Waals surface area contributed by atoms with Crippen LogP contribution in [0.25, 0.3) is 0 Å². The van der Waals surface area contributed by atoms with Crippen LogP contribution < -0.4 is 15.5 Å². The summed E-state index contributed by atoms with van der Waals surface area (Å²) in [5.74, 6) is -0.281. The first-order chi connectivity index (χ1) is 11.5. The minimum atomic E-state index is -0.281. The molecule has 24 heavy (non-hydrogen) atoms. The molecule has 1 aliphatic rings. The highest BCUT2D eigenvalue weighted by Crippen LogP contribution is 2.24. The first-order valence-corrected chi connectivity index (χ1v) is 8.22. The van der Waals surface area contributed by atoms with E-state index in [0.29, 0.717) is 34.4 Å². The van der Waals surface area contributed by atoms with E-state index >= 15 is 0 Å². The highest BCUT2D eigenvalue weighted by molar-refractivity contribution is 6.42. The molecule has 3 rings (SSSR count). The Kier molecular flexibility index (Phi) is 4.92. The third-order valence-electron chi connectivity index (χ3n) is 3.70. The molecular weight excluding hydrogens is 349 g/mol. The van der Waals surface area contributed by atoms with Crippen LogP contribution in [-0.4, -0.2) is 25.0 Å². The van der Waals surface area contributed by atoms with Gasteiger partial charge >= 0.3 is 6.03 Å². The normalized spacial score (nSPS) is 14.2. The Hall–Kier alpha value is -2.24. The van der Waals surface area contributed by atoms with Crippen molar-refractivity contribution in [2.45, 2.75) is 6.42 Å². The van der Waals surface area contributed by atoms with Crippen LogP contribution >= 0.6 is 23.2 Å². The average Bonchev–Trinajstić information content (AvgIpc) is 2.58. The van der Waals surface area contributed by atoms with Gasteiger partial charge in [-0.1, -0.05) is 23.2 Å². The fourth-order valence-corrected chi connectivity index (χ4v) is 2.74. The first kappa shape index (κ1) is 16.6. The molecule has 0 aliphatic carbocycles. The van der Waals surface area contributed by atoms with Crippen molar-refractivity contribution in [1.29, 1.82) is 0 Å². The molecule has 7 heteroatoms. The van der Waals surface area contributed by atoms with Crippen molar-refractivity contribution in [3.05, 3.63) is 58.1 Å². The molecule has 2 aromatic rings. The van der Waals surface area contributed by atoms with Gasteiger partial charge in [-0.25, -0.2) is 4.79 Å². The summed E-state index contributed by atoms with van der Waals surface area (Å²) < 4.78 is 0. The van der Waals surface area contributed by atoms with Crippen LogP contribution in [0, 0.1) is 0 Å². The van der Waals surface area contributed by atoms with Crippen molar-refractivity contribution in [3.63, 3.8) is 0 Å². The topological polar surface area (TPSA) is 61.4 Å². The second-order valence-corrected chi connectivity index (χ2v) is 6.18. The minimum absolute atomic E-state index is 0.103. The third-order valence-corrected chi connectivity index (χ3v) is 4.44. The molecule has 2 aromatic carbocycles. The van der Waals surface area contributed by atoms with Crippen LogP contribution in [0.2, 0.25) is 10.0 Å². The number of halogens is 2. The smallest absolute Gasteiger partial charge is 0.321 e. The molecule has 1 aliphatic heterocycles. The van der Waals surface area contributed by atoms with Gasteiger partial charge in [0.1, 0.15) is 0 Å². The highest BCUT2D eigenvalue weighted by Gasteiger charge is 2.19. The molecule has 0 spiro atoms. The summed E-state index contributed by atoms with van der Waals surface area (Å²) in [7, 11) is 0. The van der Waals surface area contributed by atoms with Gasteiger partial charge in [0.05, 0.1) is 10.0 Å². The monoisotopic (exact) mass is 363 g/mol. The van der Waals surface area contributed by atoms with Gasteiger partial charge in [-0.2, -0.15) is 0 Å². The molecule has 0 aromatic heterocycles. The third kappa shape index (κ3) is 3.63. The number of amides is 3. The van der Waals surface area contributed by atoms with E-state index in [2.05, 4.69) is 10.6 Å². The number of rotatable bonds is 3. The van der Waals surface area contributed by atoms with E-state index in [1.807, 2.05) is 0 Å². The van der Waals surface area contributed by atoms with Gasteiger partial charge in [-0.3, -0.25) is 9.69 Å². The lowest BCUT2D eigenvalue weighted by molar-refractivity contribution is 0.102. The Morgan fingerprint density at radius 2 is 1.83 bits per heavy atom. The van der Waals surface area contributed by atoms with Gasteiger partial charge in [0.15, 0.2) is 0 Å². The summed E-state index contributed by atoms with van der Waals surface area (Å²) in [5.41, 5.74) is 1.84. The Balaban J connectivity index is 1.70. The Bertz CT molecular complexity index is 778. The molecule has 0 unspecified atom stereocenters. The number of anilines is 2. The van der Waals surface area contributed by atoms with Crippen molar-refractivity contribution < 1.29 is 9.59 Å². The maximum atomic E-state index is 12.2. The van der Waals surface area contributed by atoms with Crippen molar-refractivity contribution in [1.82, 2.24) is 5.32 Å². The predicted octanol–water partition coefficient (Wildman–Crippen LogP) is 4.17. The first-order valence-electron chi connectivity index (χ1n) is 7.46. The molecule has 0 atom stereocenters. The number of hydrogen-bond donors (Lipinski definition) is 2. The van der Waals surface area contributed by atoms with E-state index in [0.717, 1.165) is 12.1 Å². The van der Waals surface area contributed by atoms with Gasteiger partial charge < -0.3 is 10.6 Å². The fourth-order valence-electron chi connectivity index (χ4n) is 2.44. The molecule has 1 saturated heterocycles. The quantitative estimate of drug-likeness (QED) is 0.859. The van der Waals surface area contributed by atoms with Gasteiger partial charge in [-0.15, -0.1) is 0 Å². The summed E-state index contributed by atoms with van der Waals surface area (Å²) in [6, 6.07) is 11.7. The van der Waals surface area contributed by atoms with Gasteiger partial charge in [0.25, 0.3) is 5.91 Å². The number of carbonyl (C=O) groups is 2. The van der Waals surface area contributed by atoms with Gasteiger partial charge in [-0.05, 0) is 48.9 Å². The zero-order valence-corrected chi connectivity index (χ0v) is 14.2. The maximum absolute atomic E-state index is 12.2. The van der Waals surface area contributed by atoms with Crippen molar-refractivity contribution in [3.8, 4) is 0 Å². The largest absolute Gasteiger partial charge is 0.338 e. The molecule has 124 valence electrons. The molecular formula is C17H15Cl2N3O2. The van der Waals surface area contributed by atoms with Crippen LogP contribution in [-0.2, 0) is 0 Å². The standard InChI is InChI=1S/C17H15Cl2N3O2/c18-14-7-2-11(10-15(14)19)16(23)21-12-3-5-13(6-4-12)22-9-1-8-20-17(22)24/h2-7,10H,1,8-9H2,(H,20,24)(H,21,23). The van der Waals surface area contributed by atoms with E-state index < -0.39 is 0 Å². The lowest BCUT2D eigenvalue weighted by Crippen LogP contribution is -2.46. The molecule has 0 bridgehead atoms. The van der Waals surface area contributed by atoms with E-state index in [-0.39, 0.29) is 11.9 Å². The van der Waals surface area contributed by atoms with E-state index in [4.69, 9.17) is 23.2 Å². The number of benzene rings is 2. The molecule has 0 saturated carbocycles. The van der Waals surface area contributed by atoms with Crippen LogP contribution in [0.3, 0.4) is 0 Å². The predicted molar refractivity (Wildman–Crippen MR) is 96.2 cm³/mol. The van der Waals surface area contributed by atoms with E-state index in [1.165, 1.54) is 6.07 Å². The second kappa shape index (κ2) is 7.11. The number of nitrogens with zero attached hydrogens (tertiary/aromatic N) is 1. The molecule has 1 fully saturated rings. The maximum Gasteiger partial charge on any atom is 0.321 e. The summed E-state index contributed by atoms with van der Waals surface area (Å²) in [6.45, 7) is 1.38. The fraction of sp³-hybridized carbons (Fsp3) is 0.176. The average molecular weight is 364 g/mol. The van der Waals surface area contributed by atoms with Crippen LogP contribution in [0.5, 0.6) is 0 Å². The number of hydrogen-bond acceptors (Lipinski definition) is 2. The van der Waals surface area contributed by atoms with Crippen LogP contribution in [0.4, 0.5) is 16.2 Å². The summed E-state index contributed by atoms with van der Waals surface area (Å²) in [6.07, 6.45) is 0.904. The molecule has 2 N–H and O–H groups in total. The SMILES string of the molecule is O=C(Nc1ccc(N2CCCNC2=O)cc1)c1ccc(Cl)c(Cl)c1. The van der Waals surface area contributed by atoms with Crippen molar-refractivity contribution >= 4 is 46.5 Å². The number of carbonyl (C=O) groups excluding carboxylic acids is 2. The second-order valence-electron chi connectivity index (χ2n) is 5.37. The lowest BCUT2D eigenvalue weighted by Gasteiger charge is -2.27. The zero-order valence-electron chi connectivity index (χ0n) is 12.7. The van der Waals surface area contributed by atoms with E-state index in [1.54, 1.807) is 41.3 Å². The van der Waals surface area contributed by atoms with Gasteiger partial charge in [0.2, 0.25) is 0 Å². The number of urea groups is 1. The highest BCUT2D eigenvalue weighted by atomic mass is 35.5. The van der Waals surface area contributed by atoms with Crippen molar-refractivity contribution in [2.75, 3.05) is 23.3 Å². The molecule has 0 radical (unpaired) electrons. The minimum Gasteiger partial charge on any atom is -0.338 e. The van der Waals surface area contributed by atoms with Crippen molar-refractivity contribution in [2.24, 2.45) is 0 Å². The Morgan fingerprint density at radius 3 is 2.50 bits per heavy atom. The molecule has 3 amide bonds. The number of nitrogens with one attached hydrogen (secondary N) is 2. The van der Waals surface area contributed by atoms with Gasteiger partial charge in [0, 0.05) is 30.0 Å². The molecule has 1 heterocycles. The van der Waals surface area contributed by atoms with Crippen LogP contribution in [0.15, 0.2) is 42.5 Å². The molecule has 5 nitrogen and oxygen atoms in total. The lowest BCUT2D eigenvalue weighted by atomic mass is 10.2. The zero-order chi connectivity index (χ0) is 17.1. The summed E-state index contributed by atoms with van der Waals surface area (Å²) in [5, 5.41) is 6.32. The van der Waals surface area contributed by atoms with E-state index in [9.17, 15) is 9.59 Å². The Labute approximate surface area is 149 Å². The Morgan fingerprint density at radius 1 is 1.08 bits per heavy atom. The summed E-state index contributed by atoms with van der Waals surface area (Å²) in [4.78, 5) is 25.7. The van der Waals surface area contributed by atoms with Crippen LogP contribution in [0.1, 0.15) is 16.8 Å².